The molecular weight excluding hydrogens is 350 g/mol. The van der Waals surface area contributed by atoms with E-state index in [-0.39, 0.29) is 23.6 Å². The van der Waals surface area contributed by atoms with Crippen LogP contribution >= 0.6 is 15.9 Å². The molecule has 0 radical (unpaired) electrons. The first-order valence-corrected chi connectivity index (χ1v) is 8.71. The highest BCUT2D eigenvalue weighted by Crippen LogP contribution is 2.15. The number of hydrogen-bond acceptors (Lipinski definition) is 6. The van der Waals surface area contributed by atoms with E-state index in [1.54, 1.807) is 14.0 Å². The van der Waals surface area contributed by atoms with Crippen molar-refractivity contribution in [2.24, 2.45) is 0 Å². The van der Waals surface area contributed by atoms with E-state index in [9.17, 15) is 13.2 Å². The molecule has 7 nitrogen and oxygen atoms in total. The summed E-state index contributed by atoms with van der Waals surface area (Å²) in [5.74, 6) is 0.120. The van der Waals surface area contributed by atoms with Crippen molar-refractivity contribution in [2.75, 3.05) is 37.1 Å². The topological polar surface area (TPSA) is 90.3 Å². The first-order chi connectivity index (χ1) is 9.41. The van der Waals surface area contributed by atoms with Gasteiger partial charge in [0, 0.05) is 19.4 Å². The molecule has 0 atom stereocenters. The third-order valence-electron chi connectivity index (χ3n) is 2.66. The third kappa shape index (κ3) is 4.88. The Labute approximate surface area is 126 Å². The molecule has 0 aliphatic heterocycles. The van der Waals surface area contributed by atoms with Crippen LogP contribution in [0, 0.1) is 0 Å². The van der Waals surface area contributed by atoms with Gasteiger partial charge >= 0.3 is 0 Å². The van der Waals surface area contributed by atoms with Gasteiger partial charge in [-0.25, -0.2) is 13.1 Å². The summed E-state index contributed by atoms with van der Waals surface area (Å²) in [6.07, 6.45) is 1.49. The van der Waals surface area contributed by atoms with Crippen molar-refractivity contribution in [2.45, 2.75) is 13.5 Å². The van der Waals surface area contributed by atoms with Crippen LogP contribution in [0.25, 0.3) is 0 Å². The summed E-state index contributed by atoms with van der Waals surface area (Å²) in [6.45, 7) is 2.58. The lowest BCUT2D eigenvalue weighted by atomic mass is 10.4. The van der Waals surface area contributed by atoms with Gasteiger partial charge in [0.25, 0.3) is 5.56 Å². The van der Waals surface area contributed by atoms with Crippen LogP contribution in [0.3, 0.4) is 0 Å². The largest absolute Gasteiger partial charge is 0.383 e. The summed E-state index contributed by atoms with van der Waals surface area (Å²) in [4.78, 5) is 12.0. The fourth-order valence-electron chi connectivity index (χ4n) is 1.41. The molecule has 0 aliphatic carbocycles. The summed E-state index contributed by atoms with van der Waals surface area (Å²) in [5.41, 5.74) is 0.195. The monoisotopic (exact) mass is 367 g/mol. The van der Waals surface area contributed by atoms with Crippen molar-refractivity contribution in [3.05, 3.63) is 21.0 Å². The Bertz CT molecular complexity index is 600. The van der Waals surface area contributed by atoms with Gasteiger partial charge in [-0.1, -0.05) is 6.92 Å². The van der Waals surface area contributed by atoms with Crippen LogP contribution in [0.2, 0.25) is 0 Å². The number of ether oxygens (including phenoxy) is 1. The average molecular weight is 368 g/mol. The highest BCUT2D eigenvalue weighted by molar-refractivity contribution is 9.10. The molecule has 1 rings (SSSR count). The summed E-state index contributed by atoms with van der Waals surface area (Å²) >= 11 is 3.19. The Hall–Kier alpha value is -0.930. The number of nitrogens with one attached hydrogen (secondary N) is 1. The smallest absolute Gasteiger partial charge is 0.283 e. The van der Waals surface area contributed by atoms with E-state index in [2.05, 4.69) is 26.3 Å². The normalized spacial score (nSPS) is 11.6. The van der Waals surface area contributed by atoms with Crippen LogP contribution in [0.15, 0.2) is 15.5 Å². The highest BCUT2D eigenvalue weighted by atomic mass is 79.9. The van der Waals surface area contributed by atoms with Gasteiger partial charge in [-0.3, -0.25) is 4.79 Å². The lowest BCUT2D eigenvalue weighted by Gasteiger charge is -2.10. The Morgan fingerprint density at radius 3 is 2.80 bits per heavy atom. The number of anilines is 1. The second kappa shape index (κ2) is 7.75. The molecule has 1 N–H and O–H groups in total. The molecular formula is C11H18BrN3O4S. The predicted octanol–water partition coefficient (Wildman–Crippen LogP) is 0.499. The molecule has 1 aromatic heterocycles. The van der Waals surface area contributed by atoms with Crippen molar-refractivity contribution in [1.29, 1.82) is 0 Å². The maximum absolute atomic E-state index is 12.0. The van der Waals surface area contributed by atoms with E-state index in [0.717, 1.165) is 0 Å². The number of hydrogen-bond donors (Lipinski definition) is 1. The van der Waals surface area contributed by atoms with Crippen molar-refractivity contribution < 1.29 is 13.2 Å². The van der Waals surface area contributed by atoms with Crippen molar-refractivity contribution in [3.8, 4) is 0 Å². The molecule has 1 heterocycles. The van der Waals surface area contributed by atoms with Crippen LogP contribution in [-0.4, -0.2) is 50.0 Å². The number of nitrogens with zero attached hydrogens (tertiary/aromatic N) is 2. The fraction of sp³-hybridized carbons (Fsp3) is 0.636. The van der Waals surface area contributed by atoms with Gasteiger partial charge in [-0.05, 0) is 15.9 Å². The molecule has 114 valence electrons. The molecule has 9 heteroatoms. The molecule has 0 bridgehead atoms. The number of halogens is 1. The van der Waals surface area contributed by atoms with Gasteiger partial charge in [0.1, 0.15) is 4.47 Å². The van der Waals surface area contributed by atoms with E-state index in [1.807, 2.05) is 0 Å². The van der Waals surface area contributed by atoms with Crippen molar-refractivity contribution in [1.82, 2.24) is 9.78 Å². The summed E-state index contributed by atoms with van der Waals surface area (Å²) in [5, 5.41) is 6.89. The Kier molecular flexibility index (Phi) is 6.63. The van der Waals surface area contributed by atoms with Crippen LogP contribution in [0.1, 0.15) is 6.92 Å². The third-order valence-corrected chi connectivity index (χ3v) is 5.13. The lowest BCUT2D eigenvalue weighted by Crippen LogP contribution is -2.27. The summed E-state index contributed by atoms with van der Waals surface area (Å²) in [7, 11) is -1.49. The molecule has 1 aromatic rings. The van der Waals surface area contributed by atoms with E-state index in [1.165, 1.54) is 10.9 Å². The van der Waals surface area contributed by atoms with Gasteiger partial charge in [0.2, 0.25) is 0 Å². The molecule has 0 amide bonds. The minimum Gasteiger partial charge on any atom is -0.383 e. The van der Waals surface area contributed by atoms with Crippen LogP contribution in [0.5, 0.6) is 0 Å². The number of methoxy groups -OCH3 is 1. The maximum Gasteiger partial charge on any atom is 0.283 e. The molecule has 0 saturated carbocycles. The molecule has 0 fully saturated rings. The van der Waals surface area contributed by atoms with Crippen LogP contribution < -0.4 is 10.9 Å². The highest BCUT2D eigenvalue weighted by Gasteiger charge is 2.10. The molecule has 0 unspecified atom stereocenters. The number of rotatable bonds is 8. The lowest BCUT2D eigenvalue weighted by molar-refractivity contribution is 0.181. The Morgan fingerprint density at radius 1 is 1.50 bits per heavy atom. The van der Waals surface area contributed by atoms with Crippen molar-refractivity contribution >= 4 is 31.5 Å². The molecule has 0 aliphatic rings. The first kappa shape index (κ1) is 17.1. The zero-order valence-electron chi connectivity index (χ0n) is 11.4. The summed E-state index contributed by atoms with van der Waals surface area (Å²) in [6, 6.07) is 0. The Morgan fingerprint density at radius 2 is 2.20 bits per heavy atom. The van der Waals surface area contributed by atoms with E-state index < -0.39 is 9.84 Å². The van der Waals surface area contributed by atoms with E-state index in [4.69, 9.17) is 4.74 Å². The van der Waals surface area contributed by atoms with Gasteiger partial charge in [0.05, 0.1) is 30.8 Å². The minimum absolute atomic E-state index is 0.0166. The maximum atomic E-state index is 12.0. The van der Waals surface area contributed by atoms with E-state index in [0.29, 0.717) is 23.3 Å². The molecule has 0 aromatic carbocycles. The second-order valence-corrected chi connectivity index (χ2v) is 7.32. The van der Waals surface area contributed by atoms with Crippen LogP contribution in [-0.2, 0) is 21.1 Å². The van der Waals surface area contributed by atoms with Gasteiger partial charge in [-0.15, -0.1) is 0 Å². The first-order valence-electron chi connectivity index (χ1n) is 6.10. The van der Waals surface area contributed by atoms with Gasteiger partial charge in [-0.2, -0.15) is 5.10 Å². The molecule has 20 heavy (non-hydrogen) atoms. The van der Waals surface area contributed by atoms with Gasteiger partial charge in [0.15, 0.2) is 9.84 Å². The second-order valence-electron chi connectivity index (χ2n) is 4.06. The predicted molar refractivity (Wildman–Crippen MR) is 80.9 cm³/mol. The Balaban J connectivity index is 2.73. The quantitative estimate of drug-likeness (QED) is 0.719. The fourth-order valence-corrected chi connectivity index (χ4v) is 2.56. The molecule has 0 saturated heterocycles. The SMILES string of the molecule is CCS(=O)(=O)CCNc1cnn(CCOC)c(=O)c1Br. The minimum atomic E-state index is -3.03. The van der Waals surface area contributed by atoms with Crippen LogP contribution in [0.4, 0.5) is 5.69 Å². The van der Waals surface area contributed by atoms with Crippen molar-refractivity contribution in [3.63, 3.8) is 0 Å². The zero-order chi connectivity index (χ0) is 15.2. The molecule has 0 spiro atoms. The number of sulfone groups is 1. The standard InChI is InChI=1S/C11H18BrN3O4S/c1-3-20(17,18)7-4-13-9-8-14-15(5-6-19-2)11(16)10(9)12/h8,13H,3-7H2,1-2H3. The summed E-state index contributed by atoms with van der Waals surface area (Å²) < 4.78 is 29.2. The van der Waals surface area contributed by atoms with Gasteiger partial charge < -0.3 is 10.1 Å². The number of aromatic nitrogens is 2. The van der Waals surface area contributed by atoms with E-state index >= 15 is 0 Å². The zero-order valence-corrected chi connectivity index (χ0v) is 13.8. The average Bonchev–Trinajstić information content (AvgIpc) is 2.42.